The molecule has 0 fully saturated rings. The molecule has 1 aliphatic heterocycles. The zero-order valence-corrected chi connectivity index (χ0v) is 29.0. The van der Waals surface area contributed by atoms with Crippen LogP contribution in [0.5, 0.6) is 0 Å². The first kappa shape index (κ1) is 30.3. The zero-order valence-electron chi connectivity index (χ0n) is 28.2. The van der Waals surface area contributed by atoms with Gasteiger partial charge in [0.15, 0.2) is 0 Å². The summed E-state index contributed by atoms with van der Waals surface area (Å²) < 4.78 is 3.73. The van der Waals surface area contributed by atoms with Gasteiger partial charge >= 0.3 is 0 Å². The maximum Gasteiger partial charge on any atom is 0.0716 e. The summed E-state index contributed by atoms with van der Waals surface area (Å²) in [6.45, 7) is 0.800. The molecular formula is C47H32N4S. The van der Waals surface area contributed by atoms with E-state index in [1.54, 1.807) is 0 Å². The predicted octanol–water partition coefficient (Wildman–Crippen LogP) is 12.0. The number of thiophene rings is 1. The number of fused-ring (bicyclic) bond motifs is 5. The number of allylic oxidation sites excluding steroid dienone is 2. The molecule has 5 aromatic carbocycles. The number of nitrogens with one attached hydrogen (secondary N) is 1. The van der Waals surface area contributed by atoms with Crippen molar-refractivity contribution in [1.82, 2.24) is 19.9 Å². The van der Waals surface area contributed by atoms with Crippen LogP contribution in [0.3, 0.4) is 0 Å². The van der Waals surface area contributed by atoms with Gasteiger partial charge in [-0.2, -0.15) is 0 Å². The van der Waals surface area contributed by atoms with Gasteiger partial charge in [-0.1, -0.05) is 103 Å². The summed E-state index contributed by atoms with van der Waals surface area (Å²) in [5, 5.41) is 7.09. The van der Waals surface area contributed by atoms with Crippen LogP contribution < -0.4 is 5.32 Å². The first-order valence-corrected chi connectivity index (χ1v) is 18.3. The molecule has 0 atom stereocenters. The highest BCUT2D eigenvalue weighted by atomic mass is 32.1. The summed E-state index contributed by atoms with van der Waals surface area (Å²) in [4.78, 5) is 10.8. The maximum atomic E-state index is 5.22. The van der Waals surface area contributed by atoms with E-state index in [1.165, 1.54) is 59.0 Å². The highest BCUT2D eigenvalue weighted by molar-refractivity contribution is 7.24. The molecule has 0 spiro atoms. The van der Waals surface area contributed by atoms with Crippen LogP contribution in [-0.2, 0) is 0 Å². The molecule has 0 amide bonds. The van der Waals surface area contributed by atoms with Gasteiger partial charge < -0.3 is 9.88 Å². The van der Waals surface area contributed by atoms with E-state index in [9.17, 15) is 0 Å². The molecule has 1 aliphatic rings. The fourth-order valence-corrected chi connectivity index (χ4v) is 8.94. The molecule has 9 aromatic rings. The number of hydrogen-bond donors (Lipinski definition) is 1. The number of aromatic nitrogens is 3. The van der Waals surface area contributed by atoms with Crippen LogP contribution in [0, 0.1) is 0 Å². The van der Waals surface area contributed by atoms with Gasteiger partial charge in [0, 0.05) is 67.1 Å². The molecule has 4 nitrogen and oxygen atoms in total. The quantitative estimate of drug-likeness (QED) is 0.190. The van der Waals surface area contributed by atoms with Crippen LogP contribution >= 0.6 is 11.3 Å². The minimum absolute atomic E-state index is 0.800. The van der Waals surface area contributed by atoms with Crippen molar-refractivity contribution in [3.05, 3.63) is 182 Å². The summed E-state index contributed by atoms with van der Waals surface area (Å²) >= 11 is 1.90. The van der Waals surface area contributed by atoms with Crippen LogP contribution in [0.4, 0.5) is 0 Å². The molecule has 0 aliphatic carbocycles. The third kappa shape index (κ3) is 5.13. The molecule has 10 rings (SSSR count). The van der Waals surface area contributed by atoms with Crippen molar-refractivity contribution in [1.29, 1.82) is 0 Å². The molecular weight excluding hydrogens is 653 g/mol. The summed E-state index contributed by atoms with van der Waals surface area (Å²) in [6.07, 6.45) is 10.0. The van der Waals surface area contributed by atoms with Crippen LogP contribution in [0.2, 0.25) is 0 Å². The second-order valence-corrected chi connectivity index (χ2v) is 14.1. The number of rotatable bonds is 6. The maximum absolute atomic E-state index is 5.22. The Morgan fingerprint density at radius 2 is 1.31 bits per heavy atom. The van der Waals surface area contributed by atoms with Crippen molar-refractivity contribution in [2.75, 3.05) is 6.54 Å². The Kier molecular flexibility index (Phi) is 7.36. The topological polar surface area (TPSA) is 42.7 Å². The molecule has 0 radical (unpaired) electrons. The van der Waals surface area contributed by atoms with E-state index < -0.39 is 0 Å². The van der Waals surface area contributed by atoms with Gasteiger partial charge in [-0.3, -0.25) is 4.98 Å². The summed E-state index contributed by atoms with van der Waals surface area (Å²) in [5.74, 6) is 0. The number of para-hydroxylation sites is 1. The van der Waals surface area contributed by atoms with Crippen LogP contribution in [0.15, 0.2) is 176 Å². The number of hydrogen-bond acceptors (Lipinski definition) is 4. The van der Waals surface area contributed by atoms with Crippen molar-refractivity contribution < 1.29 is 0 Å². The van der Waals surface area contributed by atoms with E-state index in [-0.39, 0.29) is 0 Å². The van der Waals surface area contributed by atoms with Crippen LogP contribution in [0.1, 0.15) is 5.56 Å². The minimum atomic E-state index is 0.800. The van der Waals surface area contributed by atoms with Gasteiger partial charge in [0.1, 0.15) is 0 Å². The summed E-state index contributed by atoms with van der Waals surface area (Å²) in [6, 6.07) is 52.3. The van der Waals surface area contributed by atoms with Crippen molar-refractivity contribution >= 4 is 48.8 Å². The van der Waals surface area contributed by atoms with Gasteiger partial charge in [0.2, 0.25) is 0 Å². The molecule has 246 valence electrons. The largest absolute Gasteiger partial charge is 0.387 e. The molecule has 52 heavy (non-hydrogen) atoms. The lowest BCUT2D eigenvalue weighted by Crippen LogP contribution is -2.08. The molecule has 0 bridgehead atoms. The van der Waals surface area contributed by atoms with E-state index in [1.807, 2.05) is 42.1 Å². The highest BCUT2D eigenvalue weighted by Gasteiger charge is 2.22. The number of benzene rings is 5. The molecule has 0 saturated carbocycles. The van der Waals surface area contributed by atoms with Gasteiger partial charge in [0.05, 0.1) is 22.4 Å². The lowest BCUT2D eigenvalue weighted by atomic mass is 9.98. The SMILES string of the molecule is C1=CC(c2cc(-c3ccncc3)nc(-c3cccc(-n4c5ccccc5c5c6sc(-c7ccccc7)c(-c7ccccc7)c6ccc54)c3)c2)=CCN1. The Hall–Kier alpha value is -6.56. The van der Waals surface area contributed by atoms with Gasteiger partial charge in [-0.05, 0) is 83.1 Å². The Labute approximate surface area is 305 Å². The number of pyridine rings is 2. The minimum Gasteiger partial charge on any atom is -0.387 e. The average Bonchev–Trinajstić information content (AvgIpc) is 3.78. The standard InChI is InChI=1S/C47H32N4S/c1-3-10-33(11-4-1)44-39-18-19-43-45(47(39)52-46(44)34-12-5-2-6-13-34)38-16-7-8-17-42(38)51(43)37-15-9-14-35(28-37)41-30-36(31-20-24-48-25-21-31)29-40(50-41)32-22-26-49-27-23-32/h1-24,26-30,48H,25H2. The normalized spacial score (nSPS) is 12.7. The molecule has 0 saturated heterocycles. The fraction of sp³-hybridized carbons (Fsp3) is 0.0213. The van der Waals surface area contributed by atoms with Crippen LogP contribution in [-0.4, -0.2) is 21.1 Å². The lowest BCUT2D eigenvalue weighted by molar-refractivity contribution is 0.975. The first-order chi connectivity index (χ1) is 25.8. The number of nitrogens with zero attached hydrogens (tertiary/aromatic N) is 3. The van der Waals surface area contributed by atoms with E-state index in [4.69, 9.17) is 4.98 Å². The van der Waals surface area contributed by atoms with Crippen molar-refractivity contribution in [2.24, 2.45) is 0 Å². The Morgan fingerprint density at radius 3 is 2.10 bits per heavy atom. The highest BCUT2D eigenvalue weighted by Crippen LogP contribution is 2.49. The predicted molar refractivity (Wildman–Crippen MR) is 219 cm³/mol. The Balaban J connectivity index is 1.19. The molecule has 5 heteroatoms. The van der Waals surface area contributed by atoms with Crippen molar-refractivity contribution in [3.63, 3.8) is 0 Å². The van der Waals surface area contributed by atoms with E-state index in [2.05, 4.69) is 160 Å². The Morgan fingerprint density at radius 1 is 0.577 bits per heavy atom. The average molecular weight is 685 g/mol. The van der Waals surface area contributed by atoms with Crippen molar-refractivity contribution in [2.45, 2.75) is 0 Å². The van der Waals surface area contributed by atoms with Gasteiger partial charge in [0.25, 0.3) is 0 Å². The smallest absolute Gasteiger partial charge is 0.0716 e. The van der Waals surface area contributed by atoms with E-state index in [0.29, 0.717) is 0 Å². The second-order valence-electron chi connectivity index (χ2n) is 13.0. The lowest BCUT2D eigenvalue weighted by Gasteiger charge is -2.14. The summed E-state index contributed by atoms with van der Waals surface area (Å²) in [7, 11) is 0. The van der Waals surface area contributed by atoms with E-state index >= 15 is 0 Å². The Bertz CT molecular complexity index is 2830. The van der Waals surface area contributed by atoms with Gasteiger partial charge in [-0.15, -0.1) is 11.3 Å². The molecule has 0 unspecified atom stereocenters. The zero-order chi connectivity index (χ0) is 34.4. The molecule has 4 aromatic heterocycles. The van der Waals surface area contributed by atoms with Crippen molar-refractivity contribution in [3.8, 4) is 49.8 Å². The summed E-state index contributed by atoms with van der Waals surface area (Å²) in [5.41, 5.74) is 13.5. The monoisotopic (exact) mass is 684 g/mol. The third-order valence-corrected chi connectivity index (χ3v) is 11.2. The molecule has 5 heterocycles. The van der Waals surface area contributed by atoms with Gasteiger partial charge in [-0.25, -0.2) is 4.98 Å². The first-order valence-electron chi connectivity index (χ1n) is 17.5. The van der Waals surface area contributed by atoms with Crippen LogP contribution in [0.25, 0.3) is 87.2 Å². The number of dihydropyridines is 1. The molecule has 1 N–H and O–H groups in total. The second kappa shape index (κ2) is 12.6. The van der Waals surface area contributed by atoms with E-state index in [0.717, 1.165) is 40.3 Å². The third-order valence-electron chi connectivity index (χ3n) is 9.95. The fourth-order valence-electron chi connectivity index (χ4n) is 7.56.